The third kappa shape index (κ3) is 4.93. The smallest absolute Gasteiger partial charge is 0.143 e. The van der Waals surface area contributed by atoms with E-state index in [1.54, 1.807) is 0 Å². The molecule has 0 saturated carbocycles. The molecule has 0 radical (unpaired) electrons. The van der Waals surface area contributed by atoms with Crippen molar-refractivity contribution in [1.29, 1.82) is 0 Å². The molecule has 276 valence electrons. The summed E-state index contributed by atoms with van der Waals surface area (Å²) in [7, 11) is 0. The molecule has 0 atom stereocenters. The van der Waals surface area contributed by atoms with Gasteiger partial charge in [0.25, 0.3) is 0 Å². The Bertz CT molecular complexity index is 3350. The molecular formula is C57H37NO. The van der Waals surface area contributed by atoms with Crippen LogP contribution in [-0.2, 0) is 5.41 Å². The van der Waals surface area contributed by atoms with E-state index in [0.29, 0.717) is 0 Å². The second-order valence-electron chi connectivity index (χ2n) is 15.6. The summed E-state index contributed by atoms with van der Waals surface area (Å²) >= 11 is 0. The normalized spacial score (nSPS) is 12.9. The summed E-state index contributed by atoms with van der Waals surface area (Å²) in [6, 6.07) is 81.8. The van der Waals surface area contributed by atoms with Crippen molar-refractivity contribution in [2.24, 2.45) is 0 Å². The number of hydrogen-bond donors (Lipinski definition) is 0. The number of anilines is 3. The lowest BCUT2D eigenvalue weighted by molar-refractivity contribution is 0.670. The molecule has 0 spiro atoms. The molecule has 2 heteroatoms. The van der Waals surface area contributed by atoms with Crippen LogP contribution in [-0.4, -0.2) is 0 Å². The first-order valence-corrected chi connectivity index (χ1v) is 20.3. The van der Waals surface area contributed by atoms with E-state index in [-0.39, 0.29) is 0 Å². The zero-order valence-electron chi connectivity index (χ0n) is 32.2. The van der Waals surface area contributed by atoms with E-state index >= 15 is 0 Å². The van der Waals surface area contributed by atoms with Crippen molar-refractivity contribution in [1.82, 2.24) is 0 Å². The fraction of sp³-hybridized carbons (Fsp3) is 0.0175. The van der Waals surface area contributed by atoms with Gasteiger partial charge in [-0.25, -0.2) is 0 Å². The molecule has 1 heterocycles. The quantitative estimate of drug-likeness (QED) is 0.168. The molecule has 1 aliphatic carbocycles. The highest BCUT2D eigenvalue weighted by molar-refractivity contribution is 6.14. The minimum Gasteiger partial charge on any atom is -0.455 e. The molecule has 0 aliphatic heterocycles. The van der Waals surface area contributed by atoms with Gasteiger partial charge in [0.15, 0.2) is 0 Å². The van der Waals surface area contributed by atoms with Crippen molar-refractivity contribution in [3.05, 3.63) is 247 Å². The van der Waals surface area contributed by atoms with Crippen molar-refractivity contribution in [3.63, 3.8) is 0 Å². The van der Waals surface area contributed by atoms with Crippen LogP contribution < -0.4 is 4.90 Å². The Morgan fingerprint density at radius 3 is 1.66 bits per heavy atom. The molecule has 12 rings (SSSR count). The first-order valence-electron chi connectivity index (χ1n) is 20.3. The van der Waals surface area contributed by atoms with Gasteiger partial charge in [-0.05, 0) is 74.3 Å². The minimum absolute atomic E-state index is 0.530. The zero-order valence-corrected chi connectivity index (χ0v) is 32.2. The number of benzene rings is 10. The number of nitrogens with zero attached hydrogens (tertiary/aromatic N) is 1. The van der Waals surface area contributed by atoms with Gasteiger partial charge in [0, 0.05) is 32.8 Å². The summed E-state index contributed by atoms with van der Waals surface area (Å²) in [5.41, 5.74) is 14.2. The minimum atomic E-state index is -0.530. The lowest BCUT2D eigenvalue weighted by Crippen LogP contribution is -2.28. The third-order valence-corrected chi connectivity index (χ3v) is 12.5. The second-order valence-corrected chi connectivity index (χ2v) is 15.6. The molecule has 11 aromatic rings. The van der Waals surface area contributed by atoms with E-state index in [1.807, 2.05) is 0 Å². The largest absolute Gasteiger partial charge is 0.455 e. The van der Waals surface area contributed by atoms with E-state index in [9.17, 15) is 0 Å². The average molecular weight is 752 g/mol. The van der Waals surface area contributed by atoms with Crippen molar-refractivity contribution >= 4 is 60.5 Å². The second kappa shape index (κ2) is 13.2. The summed E-state index contributed by atoms with van der Waals surface area (Å²) in [6.45, 7) is 0. The fourth-order valence-corrected chi connectivity index (χ4v) is 10.0. The molecule has 1 aromatic heterocycles. The lowest BCUT2D eigenvalue weighted by atomic mass is 9.68. The standard InChI is InChI=1S/C57H37NO/c1-3-22-41(23-4-1)57(42-24-5-2-6-25-42)49-31-13-11-28-47(49)55-50(57)32-17-35-53(55)58(51-34-15-21-38-18-9-10-26-43(38)51)52-33-14-12-27-44(52)45-29-16-30-46-48-36-39-19-7-8-20-40(39)37-54(48)59-56(45)46/h1-37H. The van der Waals surface area contributed by atoms with Gasteiger partial charge >= 0.3 is 0 Å². The average Bonchev–Trinajstić information content (AvgIpc) is 3.83. The first-order chi connectivity index (χ1) is 29.3. The van der Waals surface area contributed by atoms with Crippen LogP contribution in [0.1, 0.15) is 22.3 Å². The van der Waals surface area contributed by atoms with Crippen LogP contribution in [0.4, 0.5) is 17.1 Å². The van der Waals surface area contributed by atoms with Crippen molar-refractivity contribution in [3.8, 4) is 22.3 Å². The molecule has 10 aromatic carbocycles. The summed E-state index contributed by atoms with van der Waals surface area (Å²) < 4.78 is 6.89. The van der Waals surface area contributed by atoms with Gasteiger partial charge in [-0.15, -0.1) is 0 Å². The van der Waals surface area contributed by atoms with Crippen LogP contribution in [0.15, 0.2) is 229 Å². The van der Waals surface area contributed by atoms with E-state index in [2.05, 4.69) is 229 Å². The Balaban J connectivity index is 1.18. The highest BCUT2D eigenvalue weighted by Crippen LogP contribution is 2.60. The van der Waals surface area contributed by atoms with Crippen LogP contribution in [0.2, 0.25) is 0 Å². The van der Waals surface area contributed by atoms with Gasteiger partial charge in [-0.3, -0.25) is 0 Å². The molecule has 59 heavy (non-hydrogen) atoms. The Labute approximate surface area is 342 Å². The Hall–Kier alpha value is -7.68. The van der Waals surface area contributed by atoms with Gasteiger partial charge in [0.05, 0.1) is 22.5 Å². The van der Waals surface area contributed by atoms with Crippen molar-refractivity contribution < 1.29 is 4.42 Å². The van der Waals surface area contributed by atoms with E-state index < -0.39 is 5.41 Å². The van der Waals surface area contributed by atoms with Gasteiger partial charge in [-0.1, -0.05) is 194 Å². The van der Waals surface area contributed by atoms with Crippen molar-refractivity contribution in [2.45, 2.75) is 5.41 Å². The first kappa shape index (κ1) is 33.5. The summed E-state index contributed by atoms with van der Waals surface area (Å²) in [5.74, 6) is 0. The maximum atomic E-state index is 6.89. The molecule has 0 N–H and O–H groups in total. The highest BCUT2D eigenvalue weighted by Gasteiger charge is 2.47. The lowest BCUT2D eigenvalue weighted by Gasteiger charge is -2.35. The number of fused-ring (bicyclic) bond motifs is 8. The molecule has 0 saturated heterocycles. The molecular weight excluding hydrogens is 715 g/mol. The maximum Gasteiger partial charge on any atom is 0.143 e. The maximum absolute atomic E-state index is 6.89. The van der Waals surface area contributed by atoms with Crippen molar-refractivity contribution in [2.75, 3.05) is 4.90 Å². The molecule has 0 unspecified atom stereocenters. The Kier molecular flexibility index (Phi) is 7.48. The molecule has 0 fully saturated rings. The SMILES string of the molecule is c1ccc(C2(c3ccccc3)c3ccccc3-c3c(N(c4ccccc4-c4cccc5c4oc4cc6ccccc6cc45)c4cccc5ccccc45)cccc32)cc1. The summed E-state index contributed by atoms with van der Waals surface area (Å²) in [6.07, 6.45) is 0. The van der Waals surface area contributed by atoms with E-state index in [4.69, 9.17) is 4.42 Å². The number of furan rings is 1. The zero-order chi connectivity index (χ0) is 38.9. The van der Waals surface area contributed by atoms with Gasteiger partial charge in [-0.2, -0.15) is 0 Å². The van der Waals surface area contributed by atoms with Crippen LogP contribution >= 0.6 is 0 Å². The predicted octanol–water partition coefficient (Wildman–Crippen LogP) is 15.4. The van der Waals surface area contributed by atoms with Gasteiger partial charge in [0.1, 0.15) is 11.2 Å². The Morgan fingerprint density at radius 1 is 0.339 bits per heavy atom. The van der Waals surface area contributed by atoms with Gasteiger partial charge in [0.2, 0.25) is 0 Å². The number of hydrogen-bond acceptors (Lipinski definition) is 2. The summed E-state index contributed by atoms with van der Waals surface area (Å²) in [5, 5.41) is 6.98. The number of rotatable bonds is 6. The molecule has 0 bridgehead atoms. The van der Waals surface area contributed by atoms with E-state index in [1.165, 1.54) is 54.9 Å². The predicted molar refractivity (Wildman–Crippen MR) is 246 cm³/mol. The van der Waals surface area contributed by atoms with Gasteiger partial charge < -0.3 is 9.32 Å². The third-order valence-electron chi connectivity index (χ3n) is 12.5. The van der Waals surface area contributed by atoms with Crippen LogP contribution in [0, 0.1) is 0 Å². The van der Waals surface area contributed by atoms with Crippen LogP contribution in [0.3, 0.4) is 0 Å². The topological polar surface area (TPSA) is 16.4 Å². The monoisotopic (exact) mass is 751 g/mol. The Morgan fingerprint density at radius 2 is 0.864 bits per heavy atom. The molecule has 1 aliphatic rings. The highest BCUT2D eigenvalue weighted by atomic mass is 16.3. The fourth-order valence-electron chi connectivity index (χ4n) is 10.0. The van der Waals surface area contributed by atoms with E-state index in [0.717, 1.165) is 50.1 Å². The molecule has 2 nitrogen and oxygen atoms in total. The summed E-state index contributed by atoms with van der Waals surface area (Å²) in [4.78, 5) is 2.51. The molecule has 0 amide bonds. The van der Waals surface area contributed by atoms with Crippen LogP contribution in [0.25, 0.3) is 65.7 Å². The number of para-hydroxylation sites is 2. The van der Waals surface area contributed by atoms with Crippen LogP contribution in [0.5, 0.6) is 0 Å².